The van der Waals surface area contributed by atoms with Crippen LogP contribution in [0.4, 0.5) is 0 Å². The van der Waals surface area contributed by atoms with E-state index in [0.717, 1.165) is 38.5 Å². The summed E-state index contributed by atoms with van der Waals surface area (Å²) in [6.45, 7) is 9.02. The second-order valence-electron chi connectivity index (χ2n) is 10.5. The predicted molar refractivity (Wildman–Crippen MR) is 159 cm³/mol. The molecule has 0 rings (SSSR count). The fourth-order valence-corrected chi connectivity index (χ4v) is 8.13. The van der Waals surface area contributed by atoms with Crippen LogP contribution in [0, 0.1) is 0 Å². The molecule has 0 aliphatic rings. The molecule has 39 heavy (non-hydrogen) atoms. The SMILES string of the molecule is CCCCCCCCCCCC([O-])=[O+][O-].CCCCCCCCCCCC([O-])=[O+][O-].CCC[CH2][Sn+2][CH2]CCC. The van der Waals surface area contributed by atoms with E-state index in [1.54, 1.807) is 8.87 Å². The minimum absolute atomic E-state index is 0.149. The van der Waals surface area contributed by atoms with Crippen LogP contribution in [0.5, 0.6) is 0 Å². The van der Waals surface area contributed by atoms with Gasteiger partial charge < -0.3 is 19.7 Å². The summed E-state index contributed by atoms with van der Waals surface area (Å²) in [5.41, 5.74) is 0. The molecule has 0 bridgehead atoms. The number of carbonyl (C=O) groups excluding carboxylic acids is 2. The van der Waals surface area contributed by atoms with Crippen LogP contribution in [-0.4, -0.2) is 33.1 Å². The standard InChI is InChI=1S/2C12H24O3.2C4H9.Sn/c2*1-2-3-4-5-6-7-8-9-10-11-12(13)15-14;2*1-3-4-2;/h2*13H,2-11H2,1H3;2*1,3-4H2,2H3;/q;;;;+2/p-2. The molecule has 0 radical (unpaired) electrons. The van der Waals surface area contributed by atoms with Gasteiger partial charge in [0.1, 0.15) is 0 Å². The molecule has 0 aliphatic carbocycles. The minimum atomic E-state index is -0.627. The van der Waals surface area contributed by atoms with E-state index in [0.29, 0.717) is 0 Å². The van der Waals surface area contributed by atoms with E-state index in [-0.39, 0.29) is 34.0 Å². The molecule has 0 heterocycles. The fourth-order valence-electron chi connectivity index (χ4n) is 3.97. The summed E-state index contributed by atoms with van der Waals surface area (Å²) in [5, 5.41) is 40.3. The molecule has 0 aliphatic heterocycles. The molecule has 0 atom stereocenters. The van der Waals surface area contributed by atoms with Gasteiger partial charge in [-0.05, 0) is 12.8 Å². The first-order chi connectivity index (χ1) is 19.0. The number of unbranched alkanes of at least 4 members (excludes halogenated alkanes) is 18. The summed E-state index contributed by atoms with van der Waals surface area (Å²) in [7, 11) is 0. The van der Waals surface area contributed by atoms with Crippen molar-refractivity contribution in [3.8, 4) is 0 Å². The van der Waals surface area contributed by atoms with Crippen molar-refractivity contribution in [3.63, 3.8) is 0 Å². The molecule has 6 nitrogen and oxygen atoms in total. The van der Waals surface area contributed by atoms with E-state index >= 15 is 0 Å². The summed E-state index contributed by atoms with van der Waals surface area (Å²) < 4.78 is 9.92. The average Bonchev–Trinajstić information content (AvgIpc) is 2.95. The monoisotopic (exact) mass is 664 g/mol. The zero-order valence-electron chi connectivity index (χ0n) is 26.3. The van der Waals surface area contributed by atoms with Gasteiger partial charge in [0.25, 0.3) is 0 Å². The average molecular weight is 664 g/mol. The predicted octanol–water partition coefficient (Wildman–Crippen LogP) is 6.06. The van der Waals surface area contributed by atoms with Crippen molar-refractivity contribution in [2.75, 3.05) is 0 Å². The molecule has 7 heteroatoms. The van der Waals surface area contributed by atoms with Crippen molar-refractivity contribution >= 4 is 33.1 Å². The zero-order chi connectivity index (χ0) is 29.7. The topological polar surface area (TPSA) is 115 Å². The van der Waals surface area contributed by atoms with Gasteiger partial charge in [-0.15, -0.1) is 0 Å². The second kappa shape index (κ2) is 41.8. The van der Waals surface area contributed by atoms with Crippen molar-refractivity contribution in [1.82, 2.24) is 0 Å². The quantitative estimate of drug-likeness (QED) is 0.0368. The van der Waals surface area contributed by atoms with Crippen molar-refractivity contribution in [1.29, 1.82) is 0 Å². The first kappa shape index (κ1) is 42.8. The fraction of sp³-hybridized carbons (Fsp3) is 0.938. The van der Waals surface area contributed by atoms with E-state index in [4.69, 9.17) is 0 Å². The van der Waals surface area contributed by atoms with Crippen LogP contribution in [0.25, 0.3) is 0 Å². The van der Waals surface area contributed by atoms with Crippen LogP contribution < -0.4 is 20.7 Å². The van der Waals surface area contributed by atoms with Crippen LogP contribution in [0.2, 0.25) is 8.87 Å². The first-order valence-corrected chi connectivity index (χ1v) is 20.4. The number of carboxylic acids is 2. The third-order valence-electron chi connectivity index (χ3n) is 6.57. The van der Waals surface area contributed by atoms with Gasteiger partial charge in [-0.2, -0.15) is 0 Å². The van der Waals surface area contributed by atoms with Crippen LogP contribution in [0.15, 0.2) is 0 Å². The summed E-state index contributed by atoms with van der Waals surface area (Å²) in [5.74, 6) is -1.25. The van der Waals surface area contributed by atoms with Crippen molar-refractivity contribution in [3.05, 3.63) is 0 Å². The molecule has 0 N–H and O–H groups in total. The number of hydrogen-bond acceptors (Lipinski definition) is 4. The molecule has 0 amide bonds. The van der Waals surface area contributed by atoms with Crippen molar-refractivity contribution < 1.29 is 29.9 Å². The zero-order valence-corrected chi connectivity index (χ0v) is 29.2. The van der Waals surface area contributed by atoms with Gasteiger partial charge in [-0.25, -0.2) is 0 Å². The second-order valence-corrected chi connectivity index (χ2v) is 14.8. The van der Waals surface area contributed by atoms with Gasteiger partial charge in [0.15, 0.2) is 0 Å². The van der Waals surface area contributed by atoms with E-state index in [1.807, 2.05) is 0 Å². The molecule has 0 saturated heterocycles. The number of carboxylic acid groups (broad SMARTS) is 2. The normalized spacial score (nSPS) is 11.3. The van der Waals surface area contributed by atoms with E-state index in [9.17, 15) is 20.7 Å². The molecule has 0 aromatic rings. The number of aliphatic carboxylic acids is 2. The Morgan fingerprint density at radius 2 is 0.667 bits per heavy atom. The molecule has 0 fully saturated rings. The number of hydrogen-bond donors (Lipinski definition) is 0. The van der Waals surface area contributed by atoms with Crippen LogP contribution in [0.3, 0.4) is 0 Å². The maximum absolute atomic E-state index is 10.5. The Kier molecular flexibility index (Phi) is 45.9. The Morgan fingerprint density at radius 1 is 0.410 bits per heavy atom. The Morgan fingerprint density at radius 3 is 0.923 bits per heavy atom. The molecule has 0 saturated carbocycles. The molecule has 0 aromatic heterocycles. The molecule has 0 spiro atoms. The van der Waals surface area contributed by atoms with E-state index in [2.05, 4.69) is 36.8 Å². The molecular formula is C32H64O6Sn. The van der Waals surface area contributed by atoms with Gasteiger partial charge in [0.05, 0.1) is 0 Å². The third kappa shape index (κ3) is 47.5. The summed E-state index contributed by atoms with van der Waals surface area (Å²) >= 11 is 0.149. The van der Waals surface area contributed by atoms with Gasteiger partial charge in [0, 0.05) is 12.8 Å². The Balaban J connectivity index is -0.000000516. The van der Waals surface area contributed by atoms with Crippen LogP contribution in [0.1, 0.15) is 182 Å². The molecular weight excluding hydrogens is 599 g/mol. The molecule has 0 aromatic carbocycles. The summed E-state index contributed by atoms with van der Waals surface area (Å²) in [6, 6.07) is 0. The Bertz CT molecular complexity index is 443. The Labute approximate surface area is 252 Å². The van der Waals surface area contributed by atoms with Gasteiger partial charge >= 0.3 is 81.5 Å². The molecule has 232 valence electrons. The van der Waals surface area contributed by atoms with E-state index in [1.165, 1.54) is 103 Å². The summed E-state index contributed by atoms with van der Waals surface area (Å²) in [6.07, 6.45) is 28.1. The Hall–Kier alpha value is -0.661. The molecule has 0 unspecified atom stereocenters. The van der Waals surface area contributed by atoms with Crippen molar-refractivity contribution in [2.24, 2.45) is 0 Å². The third-order valence-corrected chi connectivity index (χ3v) is 10.6. The van der Waals surface area contributed by atoms with Crippen molar-refractivity contribution in [2.45, 2.75) is 191 Å². The van der Waals surface area contributed by atoms with Gasteiger partial charge in [-0.1, -0.05) is 117 Å². The van der Waals surface area contributed by atoms with Crippen LogP contribution in [-0.2, 0) is 9.15 Å². The maximum atomic E-state index is 10.5. The summed E-state index contributed by atoms with van der Waals surface area (Å²) in [4.78, 5) is 0. The van der Waals surface area contributed by atoms with Gasteiger partial charge in [0.2, 0.25) is 0 Å². The van der Waals surface area contributed by atoms with Crippen LogP contribution >= 0.6 is 0 Å². The number of rotatable bonds is 26. The van der Waals surface area contributed by atoms with E-state index < -0.39 is 11.9 Å². The van der Waals surface area contributed by atoms with Gasteiger partial charge in [-0.3, -0.25) is 10.2 Å². The first-order valence-electron chi connectivity index (χ1n) is 16.4.